The first-order valence-corrected chi connectivity index (χ1v) is 5.86. The summed E-state index contributed by atoms with van der Waals surface area (Å²) in [5.74, 6) is 0.0436. The van der Waals surface area contributed by atoms with Gasteiger partial charge in [-0.3, -0.25) is 4.79 Å². The average molecular weight is 230 g/mol. The van der Waals surface area contributed by atoms with E-state index in [0.29, 0.717) is 23.6 Å². The number of carbonyl (C=O) groups excluding carboxylic acids is 1. The molecule has 14 heavy (non-hydrogen) atoms. The van der Waals surface area contributed by atoms with Gasteiger partial charge in [-0.25, -0.2) is 0 Å². The molecule has 0 atom stereocenters. The molecule has 1 aromatic carbocycles. The molecule has 4 heteroatoms. The molecule has 0 radical (unpaired) electrons. The molecule has 0 aliphatic carbocycles. The number of benzene rings is 1. The van der Waals surface area contributed by atoms with Crippen molar-refractivity contribution in [2.24, 2.45) is 5.73 Å². The molecule has 0 bridgehead atoms. The van der Waals surface area contributed by atoms with Crippen molar-refractivity contribution < 1.29 is 4.79 Å². The zero-order chi connectivity index (χ0) is 10.6. The lowest BCUT2D eigenvalue weighted by Crippen LogP contribution is -2.07. The van der Waals surface area contributed by atoms with E-state index in [1.54, 1.807) is 23.9 Å². The minimum atomic E-state index is 0.0436. The van der Waals surface area contributed by atoms with Crippen LogP contribution in [0.3, 0.4) is 0 Å². The van der Waals surface area contributed by atoms with E-state index in [1.807, 2.05) is 12.3 Å². The first kappa shape index (κ1) is 11.6. The summed E-state index contributed by atoms with van der Waals surface area (Å²) in [5, 5.41) is 0.625. The Morgan fingerprint density at radius 2 is 2.29 bits per heavy atom. The van der Waals surface area contributed by atoms with Gasteiger partial charge in [0.15, 0.2) is 5.78 Å². The molecule has 2 N–H and O–H groups in total. The lowest BCUT2D eigenvalue weighted by molar-refractivity contribution is 0.0985. The van der Waals surface area contributed by atoms with Gasteiger partial charge in [-0.2, -0.15) is 0 Å². The molecule has 0 fully saturated rings. The van der Waals surface area contributed by atoms with Crippen LogP contribution in [0.2, 0.25) is 5.02 Å². The van der Waals surface area contributed by atoms with Crippen molar-refractivity contribution in [3.05, 3.63) is 28.8 Å². The molecule has 0 saturated heterocycles. The van der Waals surface area contributed by atoms with Crippen LogP contribution in [-0.4, -0.2) is 18.6 Å². The maximum Gasteiger partial charge on any atom is 0.164 e. The van der Waals surface area contributed by atoms with Crippen molar-refractivity contribution in [2.45, 2.75) is 11.3 Å². The number of Topliss-reactive ketones (excluding diaryl/α,β-unsaturated/α-hetero) is 1. The van der Waals surface area contributed by atoms with E-state index in [0.717, 1.165) is 4.90 Å². The van der Waals surface area contributed by atoms with Gasteiger partial charge in [0.2, 0.25) is 0 Å². The van der Waals surface area contributed by atoms with Crippen LogP contribution in [0.4, 0.5) is 0 Å². The molecule has 0 aliphatic rings. The average Bonchev–Trinajstić information content (AvgIpc) is 2.18. The minimum absolute atomic E-state index is 0.0436. The first-order valence-electron chi connectivity index (χ1n) is 4.26. The number of ketones is 1. The SMILES string of the molecule is CSc1ccc(C(=O)CCN)cc1Cl. The van der Waals surface area contributed by atoms with Crippen molar-refractivity contribution in [3.8, 4) is 0 Å². The summed E-state index contributed by atoms with van der Waals surface area (Å²) < 4.78 is 0. The van der Waals surface area contributed by atoms with Gasteiger partial charge in [0.25, 0.3) is 0 Å². The van der Waals surface area contributed by atoms with E-state index < -0.39 is 0 Å². The molecular weight excluding hydrogens is 218 g/mol. The van der Waals surface area contributed by atoms with Crippen LogP contribution >= 0.6 is 23.4 Å². The normalized spacial score (nSPS) is 10.2. The molecule has 76 valence electrons. The van der Waals surface area contributed by atoms with Crippen molar-refractivity contribution in [2.75, 3.05) is 12.8 Å². The third-order valence-corrected chi connectivity index (χ3v) is 3.07. The standard InChI is InChI=1S/C10H12ClNOS/c1-14-10-3-2-7(6-8(10)11)9(13)4-5-12/h2-3,6H,4-5,12H2,1H3. The molecule has 1 rings (SSSR count). The molecule has 0 saturated carbocycles. The molecule has 2 nitrogen and oxygen atoms in total. The molecule has 0 unspecified atom stereocenters. The Balaban J connectivity index is 2.91. The summed E-state index contributed by atoms with van der Waals surface area (Å²) in [6, 6.07) is 5.35. The summed E-state index contributed by atoms with van der Waals surface area (Å²) >= 11 is 7.53. The molecule has 1 aromatic rings. The fourth-order valence-corrected chi connectivity index (χ4v) is 1.99. The quantitative estimate of drug-likeness (QED) is 0.638. The fraction of sp³-hybridized carbons (Fsp3) is 0.300. The minimum Gasteiger partial charge on any atom is -0.330 e. The highest BCUT2D eigenvalue weighted by molar-refractivity contribution is 7.98. The Bertz CT molecular complexity index is 341. The second-order valence-electron chi connectivity index (χ2n) is 2.81. The lowest BCUT2D eigenvalue weighted by atomic mass is 10.1. The van der Waals surface area contributed by atoms with Crippen molar-refractivity contribution in [1.29, 1.82) is 0 Å². The molecule has 0 spiro atoms. The molecule has 0 aliphatic heterocycles. The number of rotatable bonds is 4. The van der Waals surface area contributed by atoms with E-state index in [2.05, 4.69) is 0 Å². The number of hydrogen-bond acceptors (Lipinski definition) is 3. The predicted molar refractivity (Wildman–Crippen MR) is 61.2 cm³/mol. The van der Waals surface area contributed by atoms with Gasteiger partial charge in [0.05, 0.1) is 5.02 Å². The van der Waals surface area contributed by atoms with Crippen LogP contribution in [0.15, 0.2) is 23.1 Å². The number of thioether (sulfide) groups is 1. The van der Waals surface area contributed by atoms with E-state index in [4.69, 9.17) is 17.3 Å². The highest BCUT2D eigenvalue weighted by Crippen LogP contribution is 2.26. The Morgan fingerprint density at radius 3 is 2.79 bits per heavy atom. The van der Waals surface area contributed by atoms with Crippen molar-refractivity contribution >= 4 is 29.1 Å². The van der Waals surface area contributed by atoms with Crippen LogP contribution in [0.5, 0.6) is 0 Å². The van der Waals surface area contributed by atoms with E-state index in [9.17, 15) is 4.79 Å². The highest BCUT2D eigenvalue weighted by atomic mass is 35.5. The Morgan fingerprint density at radius 1 is 1.57 bits per heavy atom. The molecule has 0 heterocycles. The van der Waals surface area contributed by atoms with E-state index in [1.165, 1.54) is 0 Å². The molecule has 0 amide bonds. The van der Waals surface area contributed by atoms with Gasteiger partial charge in [-0.1, -0.05) is 17.7 Å². The van der Waals surface area contributed by atoms with Gasteiger partial charge in [-0.05, 0) is 24.9 Å². The largest absolute Gasteiger partial charge is 0.330 e. The predicted octanol–water partition coefficient (Wildman–Crippen LogP) is 2.59. The van der Waals surface area contributed by atoms with Gasteiger partial charge < -0.3 is 5.73 Å². The Labute approximate surface area is 92.8 Å². The molecule has 0 aromatic heterocycles. The maximum absolute atomic E-state index is 11.5. The van der Waals surface area contributed by atoms with Crippen molar-refractivity contribution in [3.63, 3.8) is 0 Å². The topological polar surface area (TPSA) is 43.1 Å². The summed E-state index contributed by atoms with van der Waals surface area (Å²) in [6.45, 7) is 0.376. The maximum atomic E-state index is 11.5. The van der Waals surface area contributed by atoms with Crippen LogP contribution < -0.4 is 5.73 Å². The van der Waals surface area contributed by atoms with Crippen LogP contribution in [0.1, 0.15) is 16.8 Å². The number of halogens is 1. The Hall–Kier alpha value is -0.510. The summed E-state index contributed by atoms with van der Waals surface area (Å²) in [7, 11) is 0. The van der Waals surface area contributed by atoms with Gasteiger partial charge in [0, 0.05) is 16.9 Å². The van der Waals surface area contributed by atoms with Crippen LogP contribution in [0.25, 0.3) is 0 Å². The van der Waals surface area contributed by atoms with Crippen molar-refractivity contribution in [1.82, 2.24) is 0 Å². The number of carbonyl (C=O) groups is 1. The highest BCUT2D eigenvalue weighted by Gasteiger charge is 2.07. The van der Waals surface area contributed by atoms with E-state index >= 15 is 0 Å². The van der Waals surface area contributed by atoms with Crippen LogP contribution in [0, 0.1) is 0 Å². The fourth-order valence-electron chi connectivity index (χ4n) is 1.12. The second-order valence-corrected chi connectivity index (χ2v) is 4.07. The smallest absolute Gasteiger partial charge is 0.164 e. The van der Waals surface area contributed by atoms with Gasteiger partial charge in [0.1, 0.15) is 0 Å². The number of nitrogens with two attached hydrogens (primary N) is 1. The van der Waals surface area contributed by atoms with Gasteiger partial charge >= 0.3 is 0 Å². The Kier molecular flexibility index (Phi) is 4.45. The third kappa shape index (κ3) is 2.74. The van der Waals surface area contributed by atoms with E-state index in [-0.39, 0.29) is 5.78 Å². The summed E-state index contributed by atoms with van der Waals surface area (Å²) in [6.07, 6.45) is 2.32. The lowest BCUT2D eigenvalue weighted by Gasteiger charge is -2.03. The second kappa shape index (κ2) is 5.39. The summed E-state index contributed by atoms with van der Waals surface area (Å²) in [5.41, 5.74) is 5.94. The van der Waals surface area contributed by atoms with Gasteiger partial charge in [-0.15, -0.1) is 11.8 Å². The van der Waals surface area contributed by atoms with Crippen LogP contribution in [-0.2, 0) is 0 Å². The third-order valence-electron chi connectivity index (χ3n) is 1.85. The monoisotopic (exact) mass is 229 g/mol. The number of hydrogen-bond donors (Lipinski definition) is 1. The first-order chi connectivity index (χ1) is 6.69. The zero-order valence-electron chi connectivity index (χ0n) is 7.92. The summed E-state index contributed by atoms with van der Waals surface area (Å²) in [4.78, 5) is 12.4. The molecular formula is C10H12ClNOS. The zero-order valence-corrected chi connectivity index (χ0v) is 9.49.